The third kappa shape index (κ3) is 2.51. The van der Waals surface area contributed by atoms with Crippen LogP contribution in [0.1, 0.15) is 40.9 Å². The first-order valence-corrected chi connectivity index (χ1v) is 8.09. The highest BCUT2D eigenvalue weighted by Crippen LogP contribution is 2.40. The summed E-state index contributed by atoms with van der Waals surface area (Å²) in [7, 11) is 0. The number of hydrogen-bond donors (Lipinski definition) is 1. The van der Waals surface area contributed by atoms with Gasteiger partial charge >= 0.3 is 0 Å². The van der Waals surface area contributed by atoms with Crippen molar-refractivity contribution in [2.24, 2.45) is 5.73 Å². The highest BCUT2D eigenvalue weighted by atomic mass is 32.1. The fraction of sp³-hybridized carbons (Fsp3) is 0.438. The van der Waals surface area contributed by atoms with E-state index < -0.39 is 0 Å². The lowest BCUT2D eigenvalue weighted by atomic mass is 10.0. The van der Waals surface area contributed by atoms with E-state index >= 15 is 0 Å². The summed E-state index contributed by atoms with van der Waals surface area (Å²) >= 11 is 1.83. The lowest BCUT2D eigenvalue weighted by molar-refractivity contribution is 0.187. The van der Waals surface area contributed by atoms with Crippen molar-refractivity contribution in [3.05, 3.63) is 52.0 Å². The molecule has 0 saturated carbocycles. The molecule has 0 radical (unpaired) electrons. The van der Waals surface area contributed by atoms with Crippen LogP contribution in [0.5, 0.6) is 0 Å². The molecule has 0 aliphatic carbocycles. The largest absolute Gasteiger partial charge is 0.329 e. The summed E-state index contributed by atoms with van der Waals surface area (Å²) in [6.45, 7) is 4.00. The lowest BCUT2D eigenvalue weighted by Crippen LogP contribution is -2.33. The molecule has 0 spiro atoms. The maximum absolute atomic E-state index is 6.11. The predicted molar refractivity (Wildman–Crippen MR) is 83.8 cm³/mol. The van der Waals surface area contributed by atoms with E-state index in [2.05, 4.69) is 40.4 Å². The number of aromatic nitrogens is 1. The molecule has 0 bridgehead atoms. The van der Waals surface area contributed by atoms with Crippen molar-refractivity contribution in [1.29, 1.82) is 0 Å². The molecule has 3 heterocycles. The van der Waals surface area contributed by atoms with Gasteiger partial charge in [0, 0.05) is 29.9 Å². The highest BCUT2D eigenvalue weighted by molar-refractivity contribution is 7.10. The highest BCUT2D eigenvalue weighted by Gasteiger charge is 2.32. The number of likely N-dealkylation sites (tertiary alicyclic amines) is 1. The van der Waals surface area contributed by atoms with Crippen LogP contribution < -0.4 is 5.73 Å². The quantitative estimate of drug-likeness (QED) is 0.938. The zero-order valence-electron chi connectivity index (χ0n) is 11.8. The summed E-state index contributed by atoms with van der Waals surface area (Å²) in [5, 5.41) is 2.17. The Bertz CT molecular complexity index is 552. The van der Waals surface area contributed by atoms with Crippen LogP contribution in [0, 0.1) is 6.92 Å². The lowest BCUT2D eigenvalue weighted by Gasteiger charge is -2.32. The van der Waals surface area contributed by atoms with E-state index in [1.165, 1.54) is 28.8 Å². The van der Waals surface area contributed by atoms with E-state index in [4.69, 9.17) is 5.73 Å². The molecular formula is C16H21N3S. The van der Waals surface area contributed by atoms with E-state index in [9.17, 15) is 0 Å². The van der Waals surface area contributed by atoms with Crippen molar-refractivity contribution in [3.8, 4) is 0 Å². The molecule has 2 aromatic heterocycles. The molecule has 3 rings (SSSR count). The summed E-state index contributed by atoms with van der Waals surface area (Å²) < 4.78 is 0. The SMILES string of the molecule is Cc1ccsc1C(CN)N1CCCC1c1ccncc1. The number of nitrogens with two attached hydrogens (primary N) is 1. The molecule has 20 heavy (non-hydrogen) atoms. The van der Waals surface area contributed by atoms with Crippen molar-refractivity contribution in [2.75, 3.05) is 13.1 Å². The van der Waals surface area contributed by atoms with Crippen LogP contribution in [-0.2, 0) is 0 Å². The van der Waals surface area contributed by atoms with Gasteiger partial charge < -0.3 is 5.73 Å². The second-order valence-corrected chi connectivity index (χ2v) is 6.34. The van der Waals surface area contributed by atoms with Gasteiger partial charge in [0.25, 0.3) is 0 Å². The van der Waals surface area contributed by atoms with Crippen molar-refractivity contribution < 1.29 is 0 Å². The van der Waals surface area contributed by atoms with Gasteiger partial charge in [0.15, 0.2) is 0 Å². The molecule has 4 heteroatoms. The molecule has 0 amide bonds. The Morgan fingerprint density at radius 2 is 2.20 bits per heavy atom. The molecule has 1 fully saturated rings. The molecule has 2 unspecified atom stereocenters. The van der Waals surface area contributed by atoms with E-state index in [0.717, 1.165) is 6.54 Å². The Balaban J connectivity index is 1.89. The Labute approximate surface area is 124 Å². The van der Waals surface area contributed by atoms with E-state index in [0.29, 0.717) is 18.6 Å². The maximum Gasteiger partial charge on any atom is 0.0572 e. The van der Waals surface area contributed by atoms with Crippen LogP contribution in [-0.4, -0.2) is 23.0 Å². The van der Waals surface area contributed by atoms with Crippen LogP contribution >= 0.6 is 11.3 Å². The Hall–Kier alpha value is -1.23. The molecule has 1 saturated heterocycles. The van der Waals surface area contributed by atoms with Gasteiger partial charge in [0.2, 0.25) is 0 Å². The van der Waals surface area contributed by atoms with Gasteiger partial charge in [-0.2, -0.15) is 0 Å². The third-order valence-electron chi connectivity index (χ3n) is 4.21. The maximum atomic E-state index is 6.11. The van der Waals surface area contributed by atoms with E-state index in [1.54, 1.807) is 0 Å². The smallest absolute Gasteiger partial charge is 0.0572 e. The van der Waals surface area contributed by atoms with E-state index in [1.807, 2.05) is 23.7 Å². The van der Waals surface area contributed by atoms with Crippen molar-refractivity contribution in [1.82, 2.24) is 9.88 Å². The number of thiophene rings is 1. The fourth-order valence-corrected chi connectivity index (χ4v) is 4.29. The first-order valence-electron chi connectivity index (χ1n) is 7.21. The minimum atomic E-state index is 0.343. The van der Waals surface area contributed by atoms with Gasteiger partial charge in [-0.05, 0) is 61.0 Å². The molecule has 1 aliphatic heterocycles. The first kappa shape index (κ1) is 13.7. The van der Waals surface area contributed by atoms with Gasteiger partial charge in [-0.15, -0.1) is 11.3 Å². The van der Waals surface area contributed by atoms with Crippen LogP contribution in [0.3, 0.4) is 0 Å². The minimum Gasteiger partial charge on any atom is -0.329 e. The van der Waals surface area contributed by atoms with Crippen LogP contribution in [0.4, 0.5) is 0 Å². The zero-order chi connectivity index (χ0) is 13.9. The Morgan fingerprint density at radius 3 is 2.85 bits per heavy atom. The topological polar surface area (TPSA) is 42.1 Å². The van der Waals surface area contributed by atoms with Crippen molar-refractivity contribution in [3.63, 3.8) is 0 Å². The Kier molecular flexibility index (Phi) is 4.15. The molecule has 0 aromatic carbocycles. The first-order chi connectivity index (χ1) is 9.81. The summed E-state index contributed by atoms with van der Waals surface area (Å²) in [6, 6.07) is 7.29. The van der Waals surface area contributed by atoms with E-state index in [-0.39, 0.29) is 0 Å². The minimum absolute atomic E-state index is 0.343. The van der Waals surface area contributed by atoms with Gasteiger partial charge in [0.1, 0.15) is 0 Å². The average Bonchev–Trinajstić information content (AvgIpc) is 3.11. The number of aryl methyl sites for hydroxylation is 1. The molecule has 2 atom stereocenters. The van der Waals surface area contributed by atoms with Crippen LogP contribution in [0.25, 0.3) is 0 Å². The summed E-state index contributed by atoms with van der Waals surface area (Å²) in [4.78, 5) is 8.13. The summed E-state index contributed by atoms with van der Waals surface area (Å²) in [5.74, 6) is 0. The van der Waals surface area contributed by atoms with Gasteiger partial charge in [-0.25, -0.2) is 0 Å². The molecular weight excluding hydrogens is 266 g/mol. The molecule has 3 nitrogen and oxygen atoms in total. The standard InChI is InChI=1S/C16H21N3S/c1-12-6-10-20-16(12)15(11-17)19-9-2-3-14(19)13-4-7-18-8-5-13/h4-8,10,14-15H,2-3,9,11,17H2,1H3. The average molecular weight is 287 g/mol. The predicted octanol–water partition coefficient (Wildman–Crippen LogP) is 3.29. The molecule has 2 N–H and O–H groups in total. The third-order valence-corrected chi connectivity index (χ3v) is 5.33. The molecule has 1 aliphatic rings. The summed E-state index contributed by atoms with van der Waals surface area (Å²) in [5.41, 5.74) is 8.84. The second kappa shape index (κ2) is 6.04. The fourth-order valence-electron chi connectivity index (χ4n) is 3.22. The van der Waals surface area contributed by atoms with Crippen molar-refractivity contribution in [2.45, 2.75) is 31.8 Å². The van der Waals surface area contributed by atoms with Crippen molar-refractivity contribution >= 4 is 11.3 Å². The second-order valence-electron chi connectivity index (χ2n) is 5.40. The molecule has 106 valence electrons. The van der Waals surface area contributed by atoms with Gasteiger partial charge in [-0.3, -0.25) is 9.88 Å². The zero-order valence-corrected chi connectivity index (χ0v) is 12.6. The monoisotopic (exact) mass is 287 g/mol. The van der Waals surface area contributed by atoms with Crippen LogP contribution in [0.15, 0.2) is 36.0 Å². The normalized spacial score (nSPS) is 21.2. The van der Waals surface area contributed by atoms with Gasteiger partial charge in [-0.1, -0.05) is 0 Å². The Morgan fingerprint density at radius 1 is 1.40 bits per heavy atom. The number of nitrogens with zero attached hydrogens (tertiary/aromatic N) is 2. The van der Waals surface area contributed by atoms with Gasteiger partial charge in [0.05, 0.1) is 6.04 Å². The number of pyridine rings is 1. The van der Waals surface area contributed by atoms with Crippen LogP contribution in [0.2, 0.25) is 0 Å². The number of hydrogen-bond acceptors (Lipinski definition) is 4. The summed E-state index contributed by atoms with van der Waals surface area (Å²) in [6.07, 6.45) is 6.23. The molecule has 2 aromatic rings. The number of rotatable bonds is 4.